The van der Waals surface area contributed by atoms with Gasteiger partial charge in [-0.25, -0.2) is 14.6 Å². The summed E-state index contributed by atoms with van der Waals surface area (Å²) in [6.07, 6.45) is -5.34. The fourth-order valence-electron chi connectivity index (χ4n) is 2.87. The molecule has 154 valence electrons. The van der Waals surface area contributed by atoms with Crippen LogP contribution in [0.3, 0.4) is 0 Å². The third-order valence-electron chi connectivity index (χ3n) is 4.17. The molecule has 0 radical (unpaired) electrons. The quantitative estimate of drug-likeness (QED) is 0.428. The highest BCUT2D eigenvalue weighted by atomic mass is 19.4. The van der Waals surface area contributed by atoms with Crippen molar-refractivity contribution in [1.82, 2.24) is 19.9 Å². The summed E-state index contributed by atoms with van der Waals surface area (Å²) in [5, 5.41) is 3.19. The average molecular weight is 411 g/mol. The number of esters is 2. The summed E-state index contributed by atoms with van der Waals surface area (Å²) < 4.78 is 42.3. The number of ether oxygens (including phenoxy) is 1. The van der Waals surface area contributed by atoms with Crippen molar-refractivity contribution in [2.45, 2.75) is 19.6 Å². The Bertz CT molecular complexity index is 1070. The number of imidazole rings is 1. The Labute approximate surface area is 161 Å². The van der Waals surface area contributed by atoms with E-state index in [0.29, 0.717) is 32.1 Å². The van der Waals surface area contributed by atoms with Gasteiger partial charge >= 0.3 is 18.1 Å². The van der Waals surface area contributed by atoms with E-state index < -0.39 is 29.4 Å². The topological polar surface area (TPSA) is 109 Å². The number of nitrogens with one attached hydrogen (secondary N) is 2. The third-order valence-corrected chi connectivity index (χ3v) is 4.17. The maximum absolute atomic E-state index is 12.6. The molecule has 9 nitrogen and oxygen atoms in total. The SMILES string of the molecule is CC#CCn1c(N2CCNCC2)nc2cc(C(=O)OC(=O)C(F)(F)F)[nH]c(=O)c21. The lowest BCUT2D eigenvalue weighted by atomic mass is 10.3. The van der Waals surface area contributed by atoms with Gasteiger partial charge in [0.2, 0.25) is 5.95 Å². The van der Waals surface area contributed by atoms with Crippen molar-refractivity contribution in [3.63, 3.8) is 0 Å². The van der Waals surface area contributed by atoms with Crippen LogP contribution in [0, 0.1) is 11.8 Å². The van der Waals surface area contributed by atoms with Crippen molar-refractivity contribution in [2.24, 2.45) is 0 Å². The number of nitrogens with zero attached hydrogens (tertiary/aromatic N) is 3. The Hall–Kier alpha value is -3.33. The minimum absolute atomic E-state index is 0.0755. The lowest BCUT2D eigenvalue weighted by molar-refractivity contribution is -0.193. The van der Waals surface area contributed by atoms with Crippen molar-refractivity contribution in [3.8, 4) is 11.8 Å². The van der Waals surface area contributed by atoms with Gasteiger partial charge in [-0.05, 0) is 13.0 Å². The molecule has 1 fully saturated rings. The molecule has 3 heterocycles. The van der Waals surface area contributed by atoms with E-state index in [1.807, 2.05) is 4.90 Å². The Morgan fingerprint density at radius 2 is 2.00 bits per heavy atom. The van der Waals surface area contributed by atoms with Crippen molar-refractivity contribution in [2.75, 3.05) is 31.1 Å². The number of aromatic nitrogens is 3. The van der Waals surface area contributed by atoms with E-state index in [2.05, 4.69) is 31.9 Å². The summed E-state index contributed by atoms with van der Waals surface area (Å²) >= 11 is 0. The van der Waals surface area contributed by atoms with Gasteiger partial charge in [-0.1, -0.05) is 5.92 Å². The molecule has 0 spiro atoms. The Balaban J connectivity index is 2.04. The fraction of sp³-hybridized carbons (Fsp3) is 0.412. The standard InChI is InChI=1S/C17H16F3N5O4/c1-2-3-6-25-12-10(23-16(25)24-7-4-21-5-8-24)9-11(22-13(12)26)14(27)29-15(28)17(18,19)20/h9,21H,4-8H2,1H3,(H,22,26). The molecule has 2 aromatic rings. The second-order valence-electron chi connectivity index (χ2n) is 6.08. The first-order valence-electron chi connectivity index (χ1n) is 8.54. The number of anilines is 1. The van der Waals surface area contributed by atoms with Crippen molar-refractivity contribution >= 4 is 28.9 Å². The maximum atomic E-state index is 12.6. The molecule has 12 heteroatoms. The predicted octanol–water partition coefficient (Wildman–Crippen LogP) is 0.403. The number of aromatic amines is 1. The van der Waals surface area contributed by atoms with Crippen LogP contribution in [0.2, 0.25) is 0 Å². The van der Waals surface area contributed by atoms with Gasteiger partial charge in [0, 0.05) is 26.2 Å². The highest BCUT2D eigenvalue weighted by Crippen LogP contribution is 2.22. The zero-order valence-corrected chi connectivity index (χ0v) is 15.2. The summed E-state index contributed by atoms with van der Waals surface area (Å²) in [7, 11) is 0. The van der Waals surface area contributed by atoms with Crippen LogP contribution < -0.4 is 15.8 Å². The minimum atomic E-state index is -5.34. The van der Waals surface area contributed by atoms with Gasteiger partial charge in [0.1, 0.15) is 11.2 Å². The molecule has 1 aliphatic heterocycles. The van der Waals surface area contributed by atoms with E-state index in [1.54, 1.807) is 11.5 Å². The van der Waals surface area contributed by atoms with Gasteiger partial charge in [-0.15, -0.1) is 5.92 Å². The van der Waals surface area contributed by atoms with E-state index in [1.165, 1.54) is 0 Å². The first-order valence-corrected chi connectivity index (χ1v) is 8.54. The van der Waals surface area contributed by atoms with Gasteiger partial charge in [-0.3, -0.25) is 9.36 Å². The van der Waals surface area contributed by atoms with Gasteiger partial charge in [0.05, 0.1) is 12.1 Å². The number of alkyl halides is 3. The van der Waals surface area contributed by atoms with Crippen LogP contribution in [-0.2, 0) is 16.1 Å². The number of pyridine rings is 1. The van der Waals surface area contributed by atoms with Crippen LogP contribution in [0.25, 0.3) is 11.0 Å². The van der Waals surface area contributed by atoms with Crippen LogP contribution in [0.15, 0.2) is 10.9 Å². The lowest BCUT2D eigenvalue weighted by Crippen LogP contribution is -2.44. The van der Waals surface area contributed by atoms with Crippen LogP contribution in [0.5, 0.6) is 0 Å². The van der Waals surface area contributed by atoms with Gasteiger partial charge in [-0.2, -0.15) is 13.2 Å². The number of carbonyl (C=O) groups excluding carboxylic acids is 2. The Morgan fingerprint density at radius 3 is 2.62 bits per heavy atom. The normalized spacial score (nSPS) is 14.4. The third kappa shape index (κ3) is 4.24. The number of H-pyrrole nitrogens is 1. The molecule has 0 atom stereocenters. The first kappa shape index (κ1) is 20.4. The van der Waals surface area contributed by atoms with Crippen LogP contribution in [-0.4, -0.2) is 58.8 Å². The summed E-state index contributed by atoms with van der Waals surface area (Å²) in [5.41, 5.74) is -1.19. The molecule has 0 saturated carbocycles. The molecule has 0 aromatic carbocycles. The highest BCUT2D eigenvalue weighted by molar-refractivity contribution is 5.98. The number of hydrogen-bond donors (Lipinski definition) is 2. The Kier molecular flexibility index (Phi) is 5.60. The fourth-order valence-corrected chi connectivity index (χ4v) is 2.87. The second-order valence-corrected chi connectivity index (χ2v) is 6.08. The van der Waals surface area contributed by atoms with E-state index >= 15 is 0 Å². The van der Waals surface area contributed by atoms with Crippen LogP contribution >= 0.6 is 0 Å². The molecule has 3 rings (SSSR count). The van der Waals surface area contributed by atoms with E-state index in [-0.39, 0.29) is 17.6 Å². The van der Waals surface area contributed by atoms with Gasteiger partial charge in [0.25, 0.3) is 5.56 Å². The number of fused-ring (bicyclic) bond motifs is 1. The summed E-state index contributed by atoms with van der Waals surface area (Å²) in [5.74, 6) is 1.72. The monoisotopic (exact) mass is 411 g/mol. The number of piperazine rings is 1. The summed E-state index contributed by atoms with van der Waals surface area (Å²) in [6.45, 7) is 4.45. The molecule has 29 heavy (non-hydrogen) atoms. The molecule has 0 unspecified atom stereocenters. The summed E-state index contributed by atoms with van der Waals surface area (Å²) in [4.78, 5) is 43.8. The number of hydrogen-bond acceptors (Lipinski definition) is 7. The molecule has 2 aromatic heterocycles. The molecule has 0 aliphatic carbocycles. The van der Waals surface area contributed by atoms with Crippen molar-refractivity contribution in [3.05, 3.63) is 22.1 Å². The largest absolute Gasteiger partial charge is 0.491 e. The number of carbonyl (C=O) groups is 2. The predicted molar refractivity (Wildman–Crippen MR) is 95.4 cm³/mol. The van der Waals surface area contributed by atoms with E-state index in [4.69, 9.17) is 0 Å². The Morgan fingerprint density at radius 1 is 1.31 bits per heavy atom. The number of rotatable bonds is 3. The molecule has 2 N–H and O–H groups in total. The molecule has 0 amide bonds. The van der Waals surface area contributed by atoms with Crippen molar-refractivity contribution in [1.29, 1.82) is 0 Å². The smallest absolute Gasteiger partial charge is 0.382 e. The minimum Gasteiger partial charge on any atom is -0.382 e. The molecular weight excluding hydrogens is 395 g/mol. The zero-order valence-electron chi connectivity index (χ0n) is 15.2. The molecular formula is C17H16F3N5O4. The van der Waals surface area contributed by atoms with E-state index in [0.717, 1.165) is 6.07 Å². The maximum Gasteiger partial charge on any atom is 0.491 e. The van der Waals surface area contributed by atoms with Crippen molar-refractivity contribution < 1.29 is 27.5 Å². The first-order chi connectivity index (χ1) is 13.7. The zero-order chi connectivity index (χ0) is 21.2. The lowest BCUT2D eigenvalue weighted by Gasteiger charge is -2.28. The van der Waals surface area contributed by atoms with Crippen LogP contribution in [0.4, 0.5) is 19.1 Å². The molecule has 1 aliphatic rings. The van der Waals surface area contributed by atoms with Crippen LogP contribution in [0.1, 0.15) is 17.4 Å². The highest BCUT2D eigenvalue weighted by Gasteiger charge is 2.42. The second kappa shape index (κ2) is 7.96. The molecule has 1 saturated heterocycles. The molecule has 0 bridgehead atoms. The van der Waals surface area contributed by atoms with Gasteiger partial charge in [0.15, 0.2) is 0 Å². The van der Waals surface area contributed by atoms with Gasteiger partial charge < -0.3 is 19.9 Å². The van der Waals surface area contributed by atoms with E-state index in [9.17, 15) is 27.6 Å². The average Bonchev–Trinajstić information content (AvgIpc) is 3.05. The number of halogens is 3. The summed E-state index contributed by atoms with van der Waals surface area (Å²) in [6, 6.07) is 1.07.